The summed E-state index contributed by atoms with van der Waals surface area (Å²) in [5.41, 5.74) is 7.39. The Morgan fingerprint density at radius 3 is 1.18 bits per heavy atom. The number of amides is 2. The number of carbonyl (C=O) groups excluding carboxylic acids is 2. The molecule has 0 saturated carbocycles. The topological polar surface area (TPSA) is 257 Å². The number of sulfonamides is 2. The molecule has 0 radical (unpaired) electrons. The van der Waals surface area contributed by atoms with Crippen LogP contribution >= 0.6 is 0 Å². The van der Waals surface area contributed by atoms with E-state index in [9.17, 15) is 36.0 Å². The fraction of sp³-hybridized carbons (Fsp3) is 0.185. The molecule has 2 heterocycles. The first-order valence-electron chi connectivity index (χ1n) is 22.9. The van der Waals surface area contributed by atoms with Crippen molar-refractivity contribution >= 4 is 65.6 Å². The Bertz CT molecular complexity index is 3180. The summed E-state index contributed by atoms with van der Waals surface area (Å²) < 4.78 is 57.5. The predicted molar refractivity (Wildman–Crippen MR) is 275 cm³/mol. The zero-order chi connectivity index (χ0) is 51.4. The molecule has 0 unspecified atom stereocenters. The summed E-state index contributed by atoms with van der Waals surface area (Å²) in [5, 5.41) is 25.5. The van der Waals surface area contributed by atoms with Gasteiger partial charge in [-0.25, -0.2) is 26.4 Å². The largest absolute Gasteiger partial charge is 0.478 e. The number of rotatable bonds is 20. The van der Waals surface area contributed by atoms with Crippen LogP contribution in [0.1, 0.15) is 54.1 Å². The van der Waals surface area contributed by atoms with Crippen LogP contribution in [0.2, 0.25) is 0 Å². The Kier molecular flexibility index (Phi) is 16.8. The van der Waals surface area contributed by atoms with E-state index < -0.39 is 55.9 Å². The molecule has 0 spiro atoms. The van der Waals surface area contributed by atoms with Gasteiger partial charge in [-0.2, -0.15) is 9.44 Å². The summed E-state index contributed by atoms with van der Waals surface area (Å²) in [4.78, 5) is 54.9. The minimum atomic E-state index is -3.94. The lowest BCUT2D eigenvalue weighted by molar-refractivity contribution is -0.123. The predicted octanol–water partition coefficient (Wildman–Crippen LogP) is 6.85. The number of hydrogen-bond donors (Lipinski definition) is 8. The third kappa shape index (κ3) is 13.7. The van der Waals surface area contributed by atoms with Crippen LogP contribution in [0.5, 0.6) is 0 Å². The molecule has 8 aromatic rings. The number of carbonyl (C=O) groups is 4. The second-order valence-electron chi connectivity index (χ2n) is 17.2. The summed E-state index contributed by atoms with van der Waals surface area (Å²) in [6.07, 6.45) is 4.83. The minimum absolute atomic E-state index is 0.0864. The van der Waals surface area contributed by atoms with Gasteiger partial charge in [0.05, 0.1) is 20.9 Å². The molecule has 2 atom stereocenters. The lowest BCUT2D eigenvalue weighted by Gasteiger charge is -2.19. The maximum atomic E-state index is 13.2. The van der Waals surface area contributed by atoms with Crippen molar-refractivity contribution in [1.82, 2.24) is 30.0 Å². The van der Waals surface area contributed by atoms with E-state index in [4.69, 9.17) is 10.2 Å². The van der Waals surface area contributed by atoms with E-state index in [0.29, 0.717) is 12.8 Å². The van der Waals surface area contributed by atoms with Crippen molar-refractivity contribution in [2.45, 2.75) is 61.4 Å². The Morgan fingerprint density at radius 1 is 0.486 bits per heavy atom. The van der Waals surface area contributed by atoms with Gasteiger partial charge in [-0.05, 0) is 122 Å². The van der Waals surface area contributed by atoms with Crippen LogP contribution in [0, 0.1) is 13.8 Å². The minimum Gasteiger partial charge on any atom is -0.478 e. The number of fused-ring (bicyclic) bond motifs is 2. The van der Waals surface area contributed by atoms with Crippen molar-refractivity contribution in [2.75, 3.05) is 13.1 Å². The molecule has 2 amide bonds. The third-order valence-corrected chi connectivity index (χ3v) is 14.9. The van der Waals surface area contributed by atoms with Crippen LogP contribution < -0.4 is 20.1 Å². The van der Waals surface area contributed by atoms with Crippen LogP contribution in [0.25, 0.3) is 21.8 Å². The van der Waals surface area contributed by atoms with Gasteiger partial charge >= 0.3 is 11.9 Å². The molecular weight excluding hydrogens is 957 g/mol. The fourth-order valence-corrected chi connectivity index (χ4v) is 10.3. The molecule has 0 bridgehead atoms. The van der Waals surface area contributed by atoms with Gasteiger partial charge in [-0.3, -0.25) is 9.59 Å². The summed E-state index contributed by atoms with van der Waals surface area (Å²) in [6.45, 7) is 4.27. The highest BCUT2D eigenvalue weighted by Gasteiger charge is 2.28. The molecule has 0 fully saturated rings. The van der Waals surface area contributed by atoms with Gasteiger partial charge in [0, 0.05) is 47.3 Å². The first-order chi connectivity index (χ1) is 34.5. The molecule has 0 saturated heterocycles. The van der Waals surface area contributed by atoms with Crippen molar-refractivity contribution in [2.24, 2.45) is 0 Å². The van der Waals surface area contributed by atoms with Gasteiger partial charge in [0.1, 0.15) is 12.1 Å². The van der Waals surface area contributed by atoms with E-state index in [0.717, 1.165) is 55.2 Å². The second kappa shape index (κ2) is 23.3. The fourth-order valence-electron chi connectivity index (χ4n) is 7.90. The van der Waals surface area contributed by atoms with Crippen LogP contribution in [0.4, 0.5) is 0 Å². The zero-order valence-electron chi connectivity index (χ0n) is 39.4. The van der Waals surface area contributed by atoms with Gasteiger partial charge < -0.3 is 30.8 Å². The van der Waals surface area contributed by atoms with Crippen LogP contribution in [-0.4, -0.2) is 85.9 Å². The van der Waals surface area contributed by atoms with Crippen molar-refractivity contribution in [3.05, 3.63) is 202 Å². The quantitative estimate of drug-likeness (QED) is 0.0394. The van der Waals surface area contributed by atoms with E-state index in [1.807, 2.05) is 62.4 Å². The molecule has 2 aromatic heterocycles. The SMILES string of the molecule is Cc1ccc(S(=O)(=O)N[C@@H](Cc2c[nH]c3ccccc23)C(=O)NCCc2ccc(C(=O)O)cc2)cc1.Cc1ccc(S(=O)(=O)N[C@@H](Cc2c[nH]c3ccccc23)C(=O)NCCc2ccc(C(=O)O)cc2)cc1. The van der Waals surface area contributed by atoms with Gasteiger partial charge in [0.25, 0.3) is 0 Å². The Hall–Kier alpha value is -7.90. The lowest BCUT2D eigenvalue weighted by Crippen LogP contribution is -2.48. The number of H-pyrrole nitrogens is 2. The number of nitrogens with one attached hydrogen (secondary N) is 6. The van der Waals surface area contributed by atoms with Gasteiger partial charge in [-0.1, -0.05) is 96.1 Å². The van der Waals surface area contributed by atoms with E-state index in [-0.39, 0.29) is 46.8 Å². The summed E-state index contributed by atoms with van der Waals surface area (Å²) in [6, 6.07) is 38.9. The third-order valence-electron chi connectivity index (χ3n) is 11.9. The van der Waals surface area contributed by atoms with E-state index in [1.54, 1.807) is 60.9 Å². The van der Waals surface area contributed by atoms with E-state index in [2.05, 4.69) is 30.0 Å². The summed E-state index contributed by atoms with van der Waals surface area (Å²) >= 11 is 0. The smallest absolute Gasteiger partial charge is 0.335 e. The van der Waals surface area contributed by atoms with Crippen LogP contribution in [-0.2, 0) is 55.3 Å². The normalized spacial score (nSPS) is 12.4. The molecular formula is C54H54N6O10S2. The molecule has 16 nitrogen and oxygen atoms in total. The highest BCUT2D eigenvalue weighted by Crippen LogP contribution is 2.22. The first kappa shape index (κ1) is 51.9. The molecule has 0 aliphatic rings. The van der Waals surface area contributed by atoms with Gasteiger partial charge in [-0.15, -0.1) is 0 Å². The number of aromatic carboxylic acids is 2. The van der Waals surface area contributed by atoms with Gasteiger partial charge in [0.2, 0.25) is 31.9 Å². The number of benzene rings is 6. The maximum Gasteiger partial charge on any atom is 0.335 e. The van der Waals surface area contributed by atoms with Crippen molar-refractivity contribution in [3.8, 4) is 0 Å². The van der Waals surface area contributed by atoms with Crippen molar-refractivity contribution in [3.63, 3.8) is 0 Å². The Balaban J connectivity index is 0.000000211. The van der Waals surface area contributed by atoms with Crippen LogP contribution in [0.15, 0.2) is 168 Å². The highest BCUT2D eigenvalue weighted by atomic mass is 32.2. The number of hydrogen-bond acceptors (Lipinski definition) is 8. The first-order valence-corrected chi connectivity index (χ1v) is 25.9. The lowest BCUT2D eigenvalue weighted by atomic mass is 10.0. The summed E-state index contributed by atoms with van der Waals surface area (Å²) in [5.74, 6) is -2.90. The van der Waals surface area contributed by atoms with E-state index >= 15 is 0 Å². The number of para-hydroxylation sites is 2. The average Bonchev–Trinajstić information content (AvgIpc) is 3.98. The number of aryl methyl sites for hydroxylation is 2. The number of aromatic amines is 2. The number of carboxylic acid groups (broad SMARTS) is 2. The average molecular weight is 1010 g/mol. The van der Waals surface area contributed by atoms with Gasteiger partial charge in [0.15, 0.2) is 0 Å². The molecule has 372 valence electrons. The monoisotopic (exact) mass is 1010 g/mol. The van der Waals surface area contributed by atoms with E-state index in [1.165, 1.54) is 48.5 Å². The molecule has 0 aliphatic heterocycles. The molecule has 8 rings (SSSR count). The molecule has 0 aliphatic carbocycles. The van der Waals surface area contributed by atoms with Crippen molar-refractivity contribution in [1.29, 1.82) is 0 Å². The standard InChI is InChI=1S/2C27H27N3O5S/c2*1-18-6-12-22(13-7-18)36(34,35)30-25(16-21-17-29-24-5-3-2-4-23(21)24)26(31)28-15-14-19-8-10-20(11-9-19)27(32)33/h2*2-13,17,25,29-30H,14-16H2,1H3,(H,28,31)(H,32,33)/t2*25-/m00/s1. The summed E-state index contributed by atoms with van der Waals surface area (Å²) in [7, 11) is -7.89. The Morgan fingerprint density at radius 2 is 0.833 bits per heavy atom. The molecule has 18 heteroatoms. The van der Waals surface area contributed by atoms with Crippen molar-refractivity contribution < 1.29 is 46.2 Å². The molecule has 8 N–H and O–H groups in total. The molecule has 72 heavy (non-hydrogen) atoms. The van der Waals surface area contributed by atoms with Crippen LogP contribution in [0.3, 0.4) is 0 Å². The maximum absolute atomic E-state index is 13.2. The zero-order valence-corrected chi connectivity index (χ0v) is 41.0. The number of aromatic nitrogens is 2. The Labute approximate surface area is 417 Å². The highest BCUT2D eigenvalue weighted by molar-refractivity contribution is 7.89. The second-order valence-corrected chi connectivity index (χ2v) is 20.6. The number of carboxylic acids is 2. The molecule has 6 aromatic carbocycles.